The number of carbonyl (C=O) groups excluding carboxylic acids is 1. The number of sulfonamides is 1. The normalized spacial score (nSPS) is 26.0. The minimum absolute atomic E-state index is 0.00332. The summed E-state index contributed by atoms with van der Waals surface area (Å²) in [4.78, 5) is 25.5. The van der Waals surface area contributed by atoms with Crippen molar-refractivity contribution in [3.63, 3.8) is 0 Å². The Morgan fingerprint density at radius 2 is 1.97 bits per heavy atom. The third-order valence-corrected chi connectivity index (χ3v) is 10.7. The second kappa shape index (κ2) is 8.23. The standard InChI is InChI=1S/C23H30FN5O3S2/c1-13-6-5-9-23(13)20-17(21(30)28(23)3)14(2)19(33-20)18-16(24)12-25-22(27-18)26-15-7-10-29(11-8-15)34(4,31)32/h12-13,15H,5-11H2,1-4H3,(H,25,26,27)/t13-,23-/m0/s1. The monoisotopic (exact) mass is 507 g/mol. The van der Waals surface area contributed by atoms with E-state index in [1.807, 2.05) is 18.9 Å². The van der Waals surface area contributed by atoms with Crippen molar-refractivity contribution in [2.24, 2.45) is 5.92 Å². The first-order valence-corrected chi connectivity index (χ1v) is 14.4. The fourth-order valence-corrected chi connectivity index (χ4v) is 8.44. The quantitative estimate of drug-likeness (QED) is 0.680. The Morgan fingerprint density at radius 1 is 1.26 bits per heavy atom. The molecule has 3 aliphatic rings. The Labute approximate surface area is 203 Å². The van der Waals surface area contributed by atoms with E-state index in [9.17, 15) is 17.6 Å². The first kappa shape index (κ1) is 23.6. The van der Waals surface area contributed by atoms with Gasteiger partial charge in [-0.2, -0.15) is 0 Å². The zero-order valence-corrected chi connectivity index (χ0v) is 21.5. The molecule has 0 unspecified atom stereocenters. The maximum Gasteiger partial charge on any atom is 0.255 e. The zero-order valence-electron chi connectivity index (χ0n) is 19.9. The number of thiophene rings is 1. The van der Waals surface area contributed by atoms with Crippen LogP contribution in [0.5, 0.6) is 0 Å². The second-order valence-corrected chi connectivity index (χ2v) is 12.8. The molecule has 1 N–H and O–H groups in total. The van der Waals surface area contributed by atoms with E-state index in [0.717, 1.165) is 29.7 Å². The lowest BCUT2D eigenvalue weighted by atomic mass is 9.86. The Balaban J connectivity index is 1.45. The molecule has 184 valence electrons. The van der Waals surface area contributed by atoms with Crippen LogP contribution >= 0.6 is 11.3 Å². The van der Waals surface area contributed by atoms with Crippen LogP contribution in [-0.4, -0.2) is 65.9 Å². The van der Waals surface area contributed by atoms with Gasteiger partial charge in [0.15, 0.2) is 5.82 Å². The van der Waals surface area contributed by atoms with E-state index in [1.54, 1.807) is 0 Å². The van der Waals surface area contributed by atoms with Gasteiger partial charge in [0.2, 0.25) is 16.0 Å². The molecule has 2 atom stereocenters. The smallest absolute Gasteiger partial charge is 0.255 e. The van der Waals surface area contributed by atoms with E-state index >= 15 is 0 Å². The Morgan fingerprint density at radius 3 is 2.59 bits per heavy atom. The molecule has 5 rings (SSSR count). The average Bonchev–Trinajstić information content (AvgIpc) is 3.40. The number of piperidine rings is 1. The Kier molecular flexibility index (Phi) is 5.72. The van der Waals surface area contributed by atoms with Gasteiger partial charge in [-0.1, -0.05) is 13.3 Å². The van der Waals surface area contributed by atoms with Crippen LogP contribution in [0.1, 0.15) is 59.8 Å². The van der Waals surface area contributed by atoms with Crippen molar-refractivity contribution < 1.29 is 17.6 Å². The lowest BCUT2D eigenvalue weighted by molar-refractivity contribution is 0.0556. The second-order valence-electron chi connectivity index (χ2n) is 9.81. The summed E-state index contributed by atoms with van der Waals surface area (Å²) in [6.07, 6.45) is 6.69. The highest BCUT2D eigenvalue weighted by atomic mass is 32.2. The molecule has 8 nitrogen and oxygen atoms in total. The number of nitrogens with zero attached hydrogens (tertiary/aromatic N) is 4. The predicted molar refractivity (Wildman–Crippen MR) is 130 cm³/mol. The molecular formula is C23H30FN5O3S2. The van der Waals surface area contributed by atoms with Gasteiger partial charge < -0.3 is 10.2 Å². The van der Waals surface area contributed by atoms with E-state index in [4.69, 9.17) is 0 Å². The number of hydrogen-bond donors (Lipinski definition) is 1. The van der Waals surface area contributed by atoms with E-state index in [0.29, 0.717) is 48.2 Å². The molecule has 2 aromatic heterocycles. The van der Waals surface area contributed by atoms with Crippen molar-refractivity contribution >= 4 is 33.2 Å². The minimum atomic E-state index is -3.20. The van der Waals surface area contributed by atoms with Crippen LogP contribution in [0, 0.1) is 18.7 Å². The molecule has 0 aromatic carbocycles. The summed E-state index contributed by atoms with van der Waals surface area (Å²) < 4.78 is 39.9. The van der Waals surface area contributed by atoms with Crippen molar-refractivity contribution in [1.82, 2.24) is 19.2 Å². The third kappa shape index (κ3) is 3.54. The van der Waals surface area contributed by atoms with E-state index in [1.165, 1.54) is 28.1 Å². The number of rotatable bonds is 4. The summed E-state index contributed by atoms with van der Waals surface area (Å²) >= 11 is 1.49. The summed E-state index contributed by atoms with van der Waals surface area (Å²) in [5.41, 5.74) is 1.38. The number of nitrogens with one attached hydrogen (secondary N) is 1. The molecular weight excluding hydrogens is 477 g/mol. The van der Waals surface area contributed by atoms with Crippen LogP contribution < -0.4 is 5.32 Å². The number of carbonyl (C=O) groups is 1. The van der Waals surface area contributed by atoms with Crippen LogP contribution in [0.4, 0.5) is 10.3 Å². The molecule has 1 amide bonds. The third-order valence-electron chi connectivity index (χ3n) is 7.88. The SMILES string of the molecule is Cc1c(-c2nc(NC3CCN(S(C)(=O)=O)CC3)ncc2F)sc2c1C(=O)N(C)[C@]21CCC[C@@H]1C. The zero-order chi connectivity index (χ0) is 24.4. The number of anilines is 1. The van der Waals surface area contributed by atoms with E-state index < -0.39 is 15.8 Å². The topological polar surface area (TPSA) is 95.5 Å². The summed E-state index contributed by atoms with van der Waals surface area (Å²) in [6.45, 7) is 4.93. The van der Waals surface area contributed by atoms with E-state index in [-0.39, 0.29) is 23.2 Å². The van der Waals surface area contributed by atoms with Crippen LogP contribution in [-0.2, 0) is 15.6 Å². The van der Waals surface area contributed by atoms with Gasteiger partial charge in [-0.25, -0.2) is 27.1 Å². The average molecular weight is 508 g/mol. The number of aromatic nitrogens is 2. The number of amides is 1. The van der Waals surface area contributed by atoms with Crippen LogP contribution in [0.3, 0.4) is 0 Å². The van der Waals surface area contributed by atoms with Gasteiger partial charge in [0.25, 0.3) is 5.91 Å². The maximum atomic E-state index is 15.0. The molecule has 1 spiro atoms. The first-order valence-electron chi connectivity index (χ1n) is 11.7. The molecule has 34 heavy (non-hydrogen) atoms. The highest BCUT2D eigenvalue weighted by Gasteiger charge is 2.55. The summed E-state index contributed by atoms with van der Waals surface area (Å²) in [6, 6.07) is 0.00332. The number of fused-ring (bicyclic) bond motifs is 2. The van der Waals surface area contributed by atoms with Gasteiger partial charge in [0.05, 0.1) is 28.4 Å². The van der Waals surface area contributed by atoms with Gasteiger partial charge in [-0.3, -0.25) is 4.79 Å². The van der Waals surface area contributed by atoms with Gasteiger partial charge in [-0.05, 0) is 44.1 Å². The lowest BCUT2D eigenvalue weighted by Crippen LogP contribution is -2.42. The lowest BCUT2D eigenvalue weighted by Gasteiger charge is -2.36. The summed E-state index contributed by atoms with van der Waals surface area (Å²) in [7, 11) is -1.31. The molecule has 1 aliphatic carbocycles. The van der Waals surface area contributed by atoms with Crippen molar-refractivity contribution in [2.75, 3.05) is 31.7 Å². The highest BCUT2D eigenvalue weighted by Crippen LogP contribution is 2.57. The van der Waals surface area contributed by atoms with Crippen LogP contribution in [0.2, 0.25) is 0 Å². The van der Waals surface area contributed by atoms with Crippen LogP contribution in [0.15, 0.2) is 6.20 Å². The Bertz CT molecular complexity index is 1260. The largest absolute Gasteiger partial charge is 0.351 e. The minimum Gasteiger partial charge on any atom is -0.351 e. The van der Waals surface area contributed by atoms with Gasteiger partial charge in [0, 0.05) is 31.1 Å². The molecule has 1 saturated heterocycles. The number of hydrogen-bond acceptors (Lipinski definition) is 7. The van der Waals surface area contributed by atoms with Gasteiger partial charge in [-0.15, -0.1) is 11.3 Å². The summed E-state index contributed by atoms with van der Waals surface area (Å²) in [5.74, 6) is 0.150. The van der Waals surface area contributed by atoms with Crippen molar-refractivity contribution in [2.45, 2.75) is 57.5 Å². The van der Waals surface area contributed by atoms with E-state index in [2.05, 4.69) is 22.2 Å². The molecule has 2 aliphatic heterocycles. The Hall–Kier alpha value is -2.11. The highest BCUT2D eigenvalue weighted by molar-refractivity contribution is 7.88. The maximum absolute atomic E-state index is 15.0. The van der Waals surface area contributed by atoms with Crippen molar-refractivity contribution in [1.29, 1.82) is 0 Å². The van der Waals surface area contributed by atoms with Gasteiger partial charge in [0.1, 0.15) is 5.69 Å². The van der Waals surface area contributed by atoms with Crippen molar-refractivity contribution in [3.05, 3.63) is 28.0 Å². The molecule has 11 heteroatoms. The molecule has 2 aromatic rings. The molecule has 0 radical (unpaired) electrons. The van der Waals surface area contributed by atoms with Crippen LogP contribution in [0.25, 0.3) is 10.6 Å². The molecule has 2 fully saturated rings. The first-order chi connectivity index (χ1) is 16.0. The fourth-order valence-electron chi connectivity index (χ4n) is 5.91. The molecule has 1 saturated carbocycles. The molecule has 0 bridgehead atoms. The number of halogens is 1. The van der Waals surface area contributed by atoms with Gasteiger partial charge >= 0.3 is 0 Å². The fraction of sp³-hybridized carbons (Fsp3) is 0.609. The summed E-state index contributed by atoms with van der Waals surface area (Å²) in [5, 5.41) is 3.25. The van der Waals surface area contributed by atoms with Crippen molar-refractivity contribution in [3.8, 4) is 10.6 Å². The molecule has 4 heterocycles. The predicted octanol–water partition coefficient (Wildman–Crippen LogP) is 3.59.